The van der Waals surface area contributed by atoms with Crippen LogP contribution in [0.4, 0.5) is 10.5 Å². The largest absolute Gasteiger partial charge is 0.467 e. The Kier molecular flexibility index (Phi) is 4.39. The zero-order valence-electron chi connectivity index (χ0n) is 12.2. The summed E-state index contributed by atoms with van der Waals surface area (Å²) in [5, 5.41) is 19.2. The Labute approximate surface area is 132 Å². The minimum Gasteiger partial charge on any atom is -0.467 e. The van der Waals surface area contributed by atoms with Crippen LogP contribution in [0.25, 0.3) is 5.69 Å². The van der Waals surface area contributed by atoms with Crippen molar-refractivity contribution < 1.29 is 14.3 Å². The van der Waals surface area contributed by atoms with Gasteiger partial charge >= 0.3 is 6.03 Å². The molecule has 1 atom stereocenters. The number of benzene rings is 1. The summed E-state index contributed by atoms with van der Waals surface area (Å²) in [7, 11) is 0. The van der Waals surface area contributed by atoms with Crippen LogP contribution in [0.15, 0.2) is 65.5 Å². The highest BCUT2D eigenvalue weighted by molar-refractivity contribution is 5.88. The lowest BCUT2D eigenvalue weighted by atomic mass is 10.3. The van der Waals surface area contributed by atoms with Crippen molar-refractivity contribution in [3.05, 3.63) is 66.9 Å². The molecule has 0 radical (unpaired) electrons. The Morgan fingerprint density at radius 3 is 2.83 bits per heavy atom. The second-order valence-electron chi connectivity index (χ2n) is 4.88. The number of carbonyl (C=O) groups excluding carboxylic acids is 1. The molecular weight excluding hydrogens is 296 g/mol. The first kappa shape index (κ1) is 14.9. The van der Waals surface area contributed by atoms with Gasteiger partial charge in [0.25, 0.3) is 0 Å². The molecule has 7 nitrogen and oxygen atoms in total. The number of nitrogens with zero attached hydrogens (tertiary/aromatic N) is 2. The predicted octanol–water partition coefficient (Wildman–Crippen LogP) is 2.32. The van der Waals surface area contributed by atoms with Crippen LogP contribution in [0.2, 0.25) is 0 Å². The highest BCUT2D eigenvalue weighted by Gasteiger charge is 2.12. The van der Waals surface area contributed by atoms with Gasteiger partial charge < -0.3 is 20.2 Å². The maximum Gasteiger partial charge on any atom is 0.319 e. The number of aliphatic hydroxyl groups is 1. The molecule has 1 aromatic carbocycles. The number of hydrogen-bond donors (Lipinski definition) is 3. The van der Waals surface area contributed by atoms with Crippen LogP contribution in [0, 0.1) is 0 Å². The van der Waals surface area contributed by atoms with E-state index in [0.717, 1.165) is 5.69 Å². The molecule has 3 N–H and O–H groups in total. The van der Waals surface area contributed by atoms with Crippen LogP contribution in [0.3, 0.4) is 0 Å². The van der Waals surface area contributed by atoms with Gasteiger partial charge in [-0.2, -0.15) is 5.10 Å². The SMILES string of the molecule is O=C(NC[C@H](O)c1ccco1)Nc1cnn(-c2ccccc2)c1. The molecule has 0 aliphatic rings. The summed E-state index contributed by atoms with van der Waals surface area (Å²) in [5.41, 5.74) is 1.45. The summed E-state index contributed by atoms with van der Waals surface area (Å²) >= 11 is 0. The third-order valence-corrected chi connectivity index (χ3v) is 3.19. The fourth-order valence-corrected chi connectivity index (χ4v) is 2.06. The van der Waals surface area contributed by atoms with Crippen LogP contribution in [0.1, 0.15) is 11.9 Å². The first-order valence-electron chi connectivity index (χ1n) is 7.09. The van der Waals surface area contributed by atoms with Gasteiger partial charge in [0, 0.05) is 0 Å². The lowest BCUT2D eigenvalue weighted by molar-refractivity contribution is 0.149. The molecule has 0 saturated carbocycles. The van der Waals surface area contributed by atoms with Gasteiger partial charge in [0.05, 0.1) is 36.6 Å². The topological polar surface area (TPSA) is 92.3 Å². The molecule has 23 heavy (non-hydrogen) atoms. The van der Waals surface area contributed by atoms with Gasteiger partial charge in [0.1, 0.15) is 11.9 Å². The molecule has 0 spiro atoms. The van der Waals surface area contributed by atoms with Crippen LogP contribution in [-0.2, 0) is 0 Å². The predicted molar refractivity (Wildman–Crippen MR) is 84.3 cm³/mol. The summed E-state index contributed by atoms with van der Waals surface area (Å²) in [6, 6.07) is 12.5. The Hall–Kier alpha value is -3.06. The molecule has 0 saturated heterocycles. The van der Waals surface area contributed by atoms with E-state index in [4.69, 9.17) is 4.42 Å². The number of aromatic nitrogens is 2. The summed E-state index contributed by atoms with van der Waals surface area (Å²) in [6.07, 6.45) is 3.84. The quantitative estimate of drug-likeness (QED) is 0.674. The van der Waals surface area contributed by atoms with Crippen molar-refractivity contribution in [3.63, 3.8) is 0 Å². The Balaban J connectivity index is 1.53. The van der Waals surface area contributed by atoms with Crippen molar-refractivity contribution in [2.75, 3.05) is 11.9 Å². The smallest absolute Gasteiger partial charge is 0.319 e. The fraction of sp³-hybridized carbons (Fsp3) is 0.125. The van der Waals surface area contributed by atoms with E-state index in [1.54, 1.807) is 29.2 Å². The van der Waals surface area contributed by atoms with Gasteiger partial charge in [-0.3, -0.25) is 0 Å². The number of furan rings is 1. The molecule has 3 rings (SSSR count). The summed E-state index contributed by atoms with van der Waals surface area (Å²) < 4.78 is 6.72. The standard InChI is InChI=1S/C16H16N4O3/c21-14(15-7-4-8-23-15)10-17-16(22)19-12-9-18-20(11-12)13-5-2-1-3-6-13/h1-9,11,14,21H,10H2,(H2,17,19,22)/t14-/m0/s1. The van der Waals surface area contributed by atoms with Crippen molar-refractivity contribution in [3.8, 4) is 5.69 Å². The van der Waals surface area contributed by atoms with E-state index < -0.39 is 12.1 Å². The van der Waals surface area contributed by atoms with Gasteiger partial charge in [0.2, 0.25) is 0 Å². The monoisotopic (exact) mass is 312 g/mol. The normalized spacial score (nSPS) is 11.9. The maximum atomic E-state index is 11.8. The zero-order valence-corrected chi connectivity index (χ0v) is 12.2. The zero-order chi connectivity index (χ0) is 16.1. The number of rotatable bonds is 5. The highest BCUT2D eigenvalue weighted by atomic mass is 16.4. The highest BCUT2D eigenvalue weighted by Crippen LogP contribution is 2.13. The Morgan fingerprint density at radius 1 is 1.26 bits per heavy atom. The first-order chi connectivity index (χ1) is 11.2. The fourth-order valence-electron chi connectivity index (χ4n) is 2.06. The molecule has 0 fully saturated rings. The molecule has 2 aromatic heterocycles. The van der Waals surface area contributed by atoms with Gasteiger partial charge in [-0.15, -0.1) is 0 Å². The van der Waals surface area contributed by atoms with E-state index in [9.17, 15) is 9.90 Å². The van der Waals surface area contributed by atoms with Crippen molar-refractivity contribution in [2.24, 2.45) is 0 Å². The lowest BCUT2D eigenvalue weighted by Crippen LogP contribution is -2.32. The van der Waals surface area contributed by atoms with E-state index >= 15 is 0 Å². The number of nitrogens with one attached hydrogen (secondary N) is 2. The summed E-state index contributed by atoms with van der Waals surface area (Å²) in [4.78, 5) is 11.8. The van der Waals surface area contributed by atoms with Crippen LogP contribution in [0.5, 0.6) is 0 Å². The molecule has 7 heteroatoms. The summed E-state index contributed by atoms with van der Waals surface area (Å²) in [5.74, 6) is 0.405. The van der Waals surface area contributed by atoms with E-state index in [1.165, 1.54) is 6.26 Å². The van der Waals surface area contributed by atoms with Crippen LogP contribution in [-0.4, -0.2) is 27.5 Å². The number of hydrogen-bond acceptors (Lipinski definition) is 4. The average molecular weight is 312 g/mol. The molecule has 118 valence electrons. The van der Waals surface area contributed by atoms with Gasteiger partial charge in [-0.1, -0.05) is 18.2 Å². The summed E-state index contributed by atoms with van der Waals surface area (Å²) in [6.45, 7) is 0.0478. The maximum absolute atomic E-state index is 11.8. The number of amides is 2. The third kappa shape index (κ3) is 3.78. The lowest BCUT2D eigenvalue weighted by Gasteiger charge is -2.09. The van der Waals surface area contributed by atoms with Gasteiger partial charge in [-0.25, -0.2) is 9.48 Å². The Morgan fingerprint density at radius 2 is 2.09 bits per heavy atom. The second-order valence-corrected chi connectivity index (χ2v) is 4.88. The minimum atomic E-state index is -0.886. The molecule has 0 aliphatic carbocycles. The number of para-hydroxylation sites is 1. The van der Waals surface area contributed by atoms with Crippen molar-refractivity contribution in [2.45, 2.75) is 6.10 Å². The second kappa shape index (κ2) is 6.80. The van der Waals surface area contributed by atoms with E-state index in [2.05, 4.69) is 15.7 Å². The molecule has 0 unspecified atom stereocenters. The van der Waals surface area contributed by atoms with E-state index in [1.807, 2.05) is 30.3 Å². The third-order valence-electron chi connectivity index (χ3n) is 3.19. The van der Waals surface area contributed by atoms with Gasteiger partial charge in [-0.05, 0) is 24.3 Å². The van der Waals surface area contributed by atoms with Crippen LogP contribution < -0.4 is 10.6 Å². The molecule has 3 aromatic rings. The number of aliphatic hydroxyl groups excluding tert-OH is 1. The van der Waals surface area contributed by atoms with E-state index in [0.29, 0.717) is 11.4 Å². The van der Waals surface area contributed by atoms with Crippen molar-refractivity contribution >= 4 is 11.7 Å². The molecule has 0 bridgehead atoms. The van der Waals surface area contributed by atoms with Crippen molar-refractivity contribution in [1.29, 1.82) is 0 Å². The number of anilines is 1. The van der Waals surface area contributed by atoms with Crippen LogP contribution >= 0.6 is 0 Å². The van der Waals surface area contributed by atoms with E-state index in [-0.39, 0.29) is 6.54 Å². The van der Waals surface area contributed by atoms with Gasteiger partial charge in [0.15, 0.2) is 0 Å². The molecule has 2 heterocycles. The minimum absolute atomic E-state index is 0.0478. The first-order valence-corrected chi connectivity index (χ1v) is 7.09. The Bertz CT molecular complexity index is 753. The molecular formula is C16H16N4O3. The average Bonchev–Trinajstić information content (AvgIpc) is 3.25. The molecule has 2 amide bonds. The molecule has 0 aliphatic heterocycles. The number of carbonyl (C=O) groups is 1. The number of urea groups is 1. The van der Waals surface area contributed by atoms with Crippen molar-refractivity contribution in [1.82, 2.24) is 15.1 Å².